The van der Waals surface area contributed by atoms with Crippen LogP contribution in [-0.2, 0) is 0 Å². The smallest absolute Gasteiger partial charge is 0.296 e. The first-order valence-electron chi connectivity index (χ1n) is 3.66. The summed E-state index contributed by atoms with van der Waals surface area (Å²) in [5, 5.41) is 0. The summed E-state index contributed by atoms with van der Waals surface area (Å²) in [5.41, 5.74) is 0.837. The Hall–Kier alpha value is -1.12. The molecule has 0 atom stereocenters. The lowest BCUT2D eigenvalue weighted by atomic mass is 10.3. The van der Waals surface area contributed by atoms with Crippen molar-refractivity contribution in [3.63, 3.8) is 0 Å². The van der Waals surface area contributed by atoms with E-state index in [2.05, 4.69) is 4.98 Å². The topological polar surface area (TPSA) is 34.9 Å². The fraction of sp³-hybridized carbons (Fsp3) is 0.500. The summed E-state index contributed by atoms with van der Waals surface area (Å²) < 4.78 is 1.62. The minimum absolute atomic E-state index is 0.175. The molecule has 0 unspecified atom stereocenters. The van der Waals surface area contributed by atoms with Crippen molar-refractivity contribution >= 4 is 0 Å². The number of hydrogen-bond donors (Lipinski definition) is 0. The van der Waals surface area contributed by atoms with Gasteiger partial charge in [0, 0.05) is 18.4 Å². The highest BCUT2D eigenvalue weighted by atomic mass is 16.1. The Morgan fingerprint density at radius 3 is 2.64 bits per heavy atom. The number of hydrogen-bond acceptors (Lipinski definition) is 2. The van der Waals surface area contributed by atoms with E-state index in [-0.39, 0.29) is 11.7 Å². The van der Waals surface area contributed by atoms with E-state index in [0.717, 1.165) is 5.56 Å². The minimum atomic E-state index is -0.175. The van der Waals surface area contributed by atoms with Gasteiger partial charge >= 0.3 is 5.69 Å². The van der Waals surface area contributed by atoms with Crippen LogP contribution in [0.2, 0.25) is 0 Å². The maximum absolute atomic E-state index is 11.1. The molecule has 0 fully saturated rings. The SMILES string of the molecule is Cc1cnc(=O)n(C(C)C)c1. The Labute approximate surface area is 65.7 Å². The van der Waals surface area contributed by atoms with Crippen molar-refractivity contribution in [3.05, 3.63) is 28.4 Å². The first-order chi connectivity index (χ1) is 5.11. The van der Waals surface area contributed by atoms with E-state index in [1.807, 2.05) is 27.0 Å². The van der Waals surface area contributed by atoms with Gasteiger partial charge in [-0.05, 0) is 26.3 Å². The van der Waals surface area contributed by atoms with E-state index in [0.29, 0.717) is 0 Å². The normalized spacial score (nSPS) is 10.5. The zero-order chi connectivity index (χ0) is 8.43. The minimum Gasteiger partial charge on any atom is -0.296 e. The molecular formula is C8H12N2O. The molecule has 0 aliphatic rings. The van der Waals surface area contributed by atoms with E-state index >= 15 is 0 Å². The molecule has 3 heteroatoms. The van der Waals surface area contributed by atoms with Crippen LogP contribution in [0.5, 0.6) is 0 Å². The first kappa shape index (κ1) is 7.98. The molecule has 0 spiro atoms. The third kappa shape index (κ3) is 1.67. The van der Waals surface area contributed by atoms with Crippen LogP contribution < -0.4 is 5.69 Å². The average molecular weight is 152 g/mol. The molecule has 1 rings (SSSR count). The average Bonchev–Trinajstić information content (AvgIpc) is 1.94. The molecule has 0 aromatic carbocycles. The highest BCUT2D eigenvalue weighted by Crippen LogP contribution is 1.99. The Kier molecular flexibility index (Phi) is 2.08. The van der Waals surface area contributed by atoms with Crippen molar-refractivity contribution in [3.8, 4) is 0 Å². The lowest BCUT2D eigenvalue weighted by molar-refractivity contribution is 0.561. The third-order valence-corrected chi connectivity index (χ3v) is 1.50. The molecule has 0 amide bonds. The third-order valence-electron chi connectivity index (χ3n) is 1.50. The van der Waals surface area contributed by atoms with Crippen LogP contribution in [0.4, 0.5) is 0 Å². The molecule has 0 radical (unpaired) electrons. The number of aromatic nitrogens is 2. The monoisotopic (exact) mass is 152 g/mol. The van der Waals surface area contributed by atoms with Gasteiger partial charge in [-0.1, -0.05) is 0 Å². The summed E-state index contributed by atoms with van der Waals surface area (Å²) in [6.45, 7) is 5.84. The van der Waals surface area contributed by atoms with Crippen LogP contribution in [0.1, 0.15) is 25.5 Å². The zero-order valence-corrected chi connectivity index (χ0v) is 7.03. The van der Waals surface area contributed by atoms with Crippen molar-refractivity contribution in [1.29, 1.82) is 0 Å². The summed E-state index contributed by atoms with van der Waals surface area (Å²) in [6, 6.07) is 0.190. The second-order valence-corrected chi connectivity index (χ2v) is 2.91. The van der Waals surface area contributed by atoms with E-state index in [1.165, 1.54) is 0 Å². The molecule has 60 valence electrons. The maximum atomic E-state index is 11.1. The van der Waals surface area contributed by atoms with Crippen molar-refractivity contribution in [2.45, 2.75) is 26.8 Å². The fourth-order valence-electron chi connectivity index (χ4n) is 0.902. The van der Waals surface area contributed by atoms with Gasteiger partial charge in [0.15, 0.2) is 0 Å². The quantitative estimate of drug-likeness (QED) is 0.604. The Morgan fingerprint density at radius 2 is 2.18 bits per heavy atom. The van der Waals surface area contributed by atoms with Crippen molar-refractivity contribution in [1.82, 2.24) is 9.55 Å². The predicted octanol–water partition coefficient (Wildman–Crippen LogP) is 1.13. The van der Waals surface area contributed by atoms with E-state index in [9.17, 15) is 4.79 Å². The maximum Gasteiger partial charge on any atom is 0.347 e. The van der Waals surface area contributed by atoms with Gasteiger partial charge < -0.3 is 0 Å². The molecule has 1 aromatic heterocycles. The second-order valence-electron chi connectivity index (χ2n) is 2.91. The van der Waals surface area contributed by atoms with Crippen LogP contribution in [0, 0.1) is 6.92 Å². The lowest BCUT2D eigenvalue weighted by Gasteiger charge is -2.07. The van der Waals surface area contributed by atoms with Crippen LogP contribution in [0.3, 0.4) is 0 Å². The summed E-state index contributed by atoms with van der Waals surface area (Å²) in [6.07, 6.45) is 3.40. The van der Waals surface area contributed by atoms with Crippen LogP contribution in [0.25, 0.3) is 0 Å². The molecule has 3 nitrogen and oxygen atoms in total. The van der Waals surface area contributed by atoms with Gasteiger partial charge in [0.25, 0.3) is 0 Å². The molecule has 0 aliphatic carbocycles. The predicted molar refractivity (Wildman–Crippen MR) is 43.6 cm³/mol. The molecule has 0 aliphatic heterocycles. The lowest BCUT2D eigenvalue weighted by Crippen LogP contribution is -2.23. The van der Waals surface area contributed by atoms with E-state index in [4.69, 9.17) is 0 Å². The number of aryl methyl sites for hydroxylation is 1. The van der Waals surface area contributed by atoms with Crippen LogP contribution >= 0.6 is 0 Å². The molecule has 0 saturated carbocycles. The Bertz CT molecular complexity index is 301. The molecular weight excluding hydrogens is 140 g/mol. The summed E-state index contributed by atoms with van der Waals surface area (Å²) in [5.74, 6) is 0. The van der Waals surface area contributed by atoms with Gasteiger partial charge in [0.2, 0.25) is 0 Å². The van der Waals surface area contributed by atoms with Crippen molar-refractivity contribution < 1.29 is 0 Å². The second kappa shape index (κ2) is 2.86. The summed E-state index contributed by atoms with van der Waals surface area (Å²) in [4.78, 5) is 14.8. The standard InChI is InChI=1S/C8H12N2O/c1-6(2)10-5-7(3)4-9-8(10)11/h4-6H,1-3H3. The van der Waals surface area contributed by atoms with Gasteiger partial charge in [-0.15, -0.1) is 0 Å². The van der Waals surface area contributed by atoms with Crippen molar-refractivity contribution in [2.24, 2.45) is 0 Å². The molecule has 0 bridgehead atoms. The zero-order valence-electron chi connectivity index (χ0n) is 7.03. The van der Waals surface area contributed by atoms with E-state index < -0.39 is 0 Å². The Morgan fingerprint density at radius 1 is 1.55 bits per heavy atom. The Balaban J connectivity index is 3.24. The number of nitrogens with zero attached hydrogens (tertiary/aromatic N) is 2. The molecule has 1 aromatic rings. The van der Waals surface area contributed by atoms with Gasteiger partial charge in [-0.2, -0.15) is 0 Å². The van der Waals surface area contributed by atoms with Crippen molar-refractivity contribution in [2.75, 3.05) is 0 Å². The summed E-state index contributed by atoms with van der Waals surface area (Å²) in [7, 11) is 0. The highest BCUT2D eigenvalue weighted by Gasteiger charge is 1.99. The first-order valence-corrected chi connectivity index (χ1v) is 3.66. The van der Waals surface area contributed by atoms with Gasteiger partial charge in [-0.3, -0.25) is 4.57 Å². The molecule has 1 heterocycles. The highest BCUT2D eigenvalue weighted by molar-refractivity contribution is 5.00. The van der Waals surface area contributed by atoms with E-state index in [1.54, 1.807) is 10.8 Å². The van der Waals surface area contributed by atoms with Gasteiger partial charge in [0.1, 0.15) is 0 Å². The van der Waals surface area contributed by atoms with Gasteiger partial charge in [0.05, 0.1) is 0 Å². The fourth-order valence-corrected chi connectivity index (χ4v) is 0.902. The van der Waals surface area contributed by atoms with Crippen LogP contribution in [0.15, 0.2) is 17.2 Å². The van der Waals surface area contributed by atoms with Crippen LogP contribution in [-0.4, -0.2) is 9.55 Å². The van der Waals surface area contributed by atoms with Gasteiger partial charge in [-0.25, -0.2) is 9.78 Å². The summed E-state index contributed by atoms with van der Waals surface area (Å²) >= 11 is 0. The molecule has 11 heavy (non-hydrogen) atoms. The molecule has 0 N–H and O–H groups in total. The largest absolute Gasteiger partial charge is 0.347 e. The number of rotatable bonds is 1. The molecule has 0 saturated heterocycles.